The molecule has 0 aromatic heterocycles. The molecular weight excluding hydrogens is 210 g/mol. The molecule has 0 saturated carbocycles. The van der Waals surface area contributed by atoms with E-state index in [9.17, 15) is 0 Å². The molecule has 0 bridgehead atoms. The molecular formula is C12H16ClNO. The Labute approximate surface area is 95.6 Å². The van der Waals surface area contributed by atoms with Crippen molar-refractivity contribution in [1.82, 2.24) is 5.32 Å². The summed E-state index contributed by atoms with van der Waals surface area (Å²) in [4.78, 5) is 0. The van der Waals surface area contributed by atoms with E-state index in [1.807, 2.05) is 19.1 Å². The van der Waals surface area contributed by atoms with E-state index >= 15 is 0 Å². The molecule has 1 unspecified atom stereocenters. The van der Waals surface area contributed by atoms with E-state index < -0.39 is 0 Å². The van der Waals surface area contributed by atoms with Gasteiger partial charge in [-0.15, -0.1) is 0 Å². The smallest absolute Gasteiger partial charge is 0.103 e. The molecule has 1 saturated heterocycles. The normalized spacial score (nSPS) is 26.6. The van der Waals surface area contributed by atoms with E-state index in [1.165, 1.54) is 5.56 Å². The van der Waals surface area contributed by atoms with Gasteiger partial charge in [0.2, 0.25) is 0 Å². The van der Waals surface area contributed by atoms with Gasteiger partial charge >= 0.3 is 0 Å². The molecule has 1 heterocycles. The molecule has 1 atom stereocenters. The minimum atomic E-state index is -0.215. The standard InChI is InChI=1S/C12H16ClNO/c1-9-7-10(3-4-11(9)13)12(2)8-14-5-6-15-12/h3-4,7,14H,5-6,8H2,1-2H3. The highest BCUT2D eigenvalue weighted by molar-refractivity contribution is 6.31. The summed E-state index contributed by atoms with van der Waals surface area (Å²) in [5.74, 6) is 0. The van der Waals surface area contributed by atoms with Crippen LogP contribution in [0.1, 0.15) is 18.1 Å². The molecule has 3 heteroatoms. The first kappa shape index (κ1) is 10.9. The molecule has 0 amide bonds. The Balaban J connectivity index is 2.31. The van der Waals surface area contributed by atoms with Crippen LogP contribution in [0.5, 0.6) is 0 Å². The van der Waals surface area contributed by atoms with Crippen LogP contribution in [0, 0.1) is 6.92 Å². The van der Waals surface area contributed by atoms with E-state index in [-0.39, 0.29) is 5.60 Å². The molecule has 1 aliphatic rings. The van der Waals surface area contributed by atoms with Gasteiger partial charge in [-0.25, -0.2) is 0 Å². The van der Waals surface area contributed by atoms with Crippen molar-refractivity contribution in [1.29, 1.82) is 0 Å². The maximum Gasteiger partial charge on any atom is 0.103 e. The van der Waals surface area contributed by atoms with Crippen LogP contribution >= 0.6 is 11.6 Å². The zero-order valence-corrected chi connectivity index (χ0v) is 9.90. The van der Waals surface area contributed by atoms with Crippen molar-refractivity contribution in [3.05, 3.63) is 34.3 Å². The molecule has 2 nitrogen and oxygen atoms in total. The number of benzene rings is 1. The molecule has 0 spiro atoms. The van der Waals surface area contributed by atoms with Crippen LogP contribution in [0.4, 0.5) is 0 Å². The van der Waals surface area contributed by atoms with Gasteiger partial charge in [-0.1, -0.05) is 23.7 Å². The molecule has 1 aromatic carbocycles. The summed E-state index contributed by atoms with van der Waals surface area (Å²) >= 11 is 6.01. The molecule has 1 N–H and O–H groups in total. The monoisotopic (exact) mass is 225 g/mol. The summed E-state index contributed by atoms with van der Waals surface area (Å²) in [6, 6.07) is 6.09. The maximum absolute atomic E-state index is 6.01. The summed E-state index contributed by atoms with van der Waals surface area (Å²) in [5.41, 5.74) is 2.08. The van der Waals surface area contributed by atoms with Crippen LogP contribution in [-0.4, -0.2) is 19.7 Å². The molecule has 1 aliphatic heterocycles. The highest BCUT2D eigenvalue weighted by atomic mass is 35.5. The Morgan fingerprint density at radius 2 is 2.27 bits per heavy atom. The van der Waals surface area contributed by atoms with Gasteiger partial charge in [0.05, 0.1) is 6.61 Å². The average molecular weight is 226 g/mol. The van der Waals surface area contributed by atoms with Crippen molar-refractivity contribution in [3.8, 4) is 0 Å². The van der Waals surface area contributed by atoms with Crippen molar-refractivity contribution in [2.75, 3.05) is 19.7 Å². The third kappa shape index (κ3) is 2.17. The Morgan fingerprint density at radius 1 is 1.47 bits per heavy atom. The quantitative estimate of drug-likeness (QED) is 0.793. The number of morpholine rings is 1. The topological polar surface area (TPSA) is 21.3 Å². The summed E-state index contributed by atoms with van der Waals surface area (Å²) in [7, 11) is 0. The Bertz CT molecular complexity index is 359. The van der Waals surface area contributed by atoms with Crippen LogP contribution in [0.3, 0.4) is 0 Å². The van der Waals surface area contributed by atoms with Crippen molar-refractivity contribution >= 4 is 11.6 Å². The fraction of sp³-hybridized carbons (Fsp3) is 0.500. The zero-order chi connectivity index (χ0) is 10.9. The Morgan fingerprint density at radius 3 is 2.87 bits per heavy atom. The summed E-state index contributed by atoms with van der Waals surface area (Å²) in [6.45, 7) is 6.68. The van der Waals surface area contributed by atoms with Gasteiger partial charge in [0.25, 0.3) is 0 Å². The molecule has 1 fully saturated rings. The van der Waals surface area contributed by atoms with E-state index in [1.54, 1.807) is 0 Å². The Hall–Kier alpha value is -0.570. The lowest BCUT2D eigenvalue weighted by molar-refractivity contribution is -0.0572. The highest BCUT2D eigenvalue weighted by Gasteiger charge is 2.29. The zero-order valence-electron chi connectivity index (χ0n) is 9.14. The predicted molar refractivity (Wildman–Crippen MR) is 62.4 cm³/mol. The Kier molecular flexibility index (Phi) is 3.01. The van der Waals surface area contributed by atoms with Crippen LogP contribution < -0.4 is 5.32 Å². The lowest BCUT2D eigenvalue weighted by Gasteiger charge is -2.35. The van der Waals surface area contributed by atoms with Crippen molar-refractivity contribution in [2.24, 2.45) is 0 Å². The second-order valence-corrected chi connectivity index (χ2v) is 4.63. The molecule has 0 radical (unpaired) electrons. The van der Waals surface area contributed by atoms with Crippen LogP contribution in [0.2, 0.25) is 5.02 Å². The SMILES string of the molecule is Cc1cc(C2(C)CNCCO2)ccc1Cl. The van der Waals surface area contributed by atoms with Gasteiger partial charge in [0.1, 0.15) is 5.60 Å². The fourth-order valence-electron chi connectivity index (χ4n) is 1.89. The molecule has 2 rings (SSSR count). The van der Waals surface area contributed by atoms with Gasteiger partial charge in [0.15, 0.2) is 0 Å². The van der Waals surface area contributed by atoms with Gasteiger partial charge in [-0.2, -0.15) is 0 Å². The predicted octanol–water partition coefficient (Wildman–Crippen LogP) is 2.48. The van der Waals surface area contributed by atoms with E-state index in [0.717, 1.165) is 30.3 Å². The number of nitrogens with one attached hydrogen (secondary N) is 1. The van der Waals surface area contributed by atoms with Crippen molar-refractivity contribution in [2.45, 2.75) is 19.4 Å². The third-order valence-electron chi connectivity index (χ3n) is 2.93. The summed E-state index contributed by atoms with van der Waals surface area (Å²) in [5, 5.41) is 4.16. The largest absolute Gasteiger partial charge is 0.368 e. The van der Waals surface area contributed by atoms with Gasteiger partial charge in [0, 0.05) is 18.1 Å². The summed E-state index contributed by atoms with van der Waals surface area (Å²) < 4.78 is 5.84. The number of aryl methyl sites for hydroxylation is 1. The molecule has 82 valence electrons. The number of hydrogen-bond acceptors (Lipinski definition) is 2. The van der Waals surface area contributed by atoms with E-state index in [4.69, 9.17) is 16.3 Å². The van der Waals surface area contributed by atoms with Gasteiger partial charge in [-0.3, -0.25) is 0 Å². The van der Waals surface area contributed by atoms with Crippen molar-refractivity contribution < 1.29 is 4.74 Å². The maximum atomic E-state index is 6.01. The molecule has 15 heavy (non-hydrogen) atoms. The number of rotatable bonds is 1. The fourth-order valence-corrected chi connectivity index (χ4v) is 2.00. The number of ether oxygens (including phenoxy) is 1. The minimum absolute atomic E-state index is 0.215. The van der Waals surface area contributed by atoms with Crippen LogP contribution in [0.15, 0.2) is 18.2 Å². The lowest BCUT2D eigenvalue weighted by atomic mass is 9.93. The third-order valence-corrected chi connectivity index (χ3v) is 3.35. The van der Waals surface area contributed by atoms with E-state index in [0.29, 0.717) is 0 Å². The lowest BCUT2D eigenvalue weighted by Crippen LogP contribution is -2.45. The first-order valence-corrected chi connectivity index (χ1v) is 5.61. The molecule has 1 aromatic rings. The highest BCUT2D eigenvalue weighted by Crippen LogP contribution is 2.29. The van der Waals surface area contributed by atoms with Gasteiger partial charge < -0.3 is 10.1 Å². The number of hydrogen-bond donors (Lipinski definition) is 1. The van der Waals surface area contributed by atoms with Crippen molar-refractivity contribution in [3.63, 3.8) is 0 Å². The number of halogens is 1. The second-order valence-electron chi connectivity index (χ2n) is 4.22. The summed E-state index contributed by atoms with van der Waals surface area (Å²) in [6.07, 6.45) is 0. The average Bonchev–Trinajstić information content (AvgIpc) is 2.23. The van der Waals surface area contributed by atoms with E-state index in [2.05, 4.69) is 18.3 Å². The second kappa shape index (κ2) is 4.12. The minimum Gasteiger partial charge on any atom is -0.368 e. The van der Waals surface area contributed by atoms with Gasteiger partial charge in [-0.05, 0) is 31.0 Å². The van der Waals surface area contributed by atoms with Crippen LogP contribution in [0.25, 0.3) is 0 Å². The molecule has 0 aliphatic carbocycles. The van der Waals surface area contributed by atoms with Crippen LogP contribution in [-0.2, 0) is 10.3 Å². The first-order valence-electron chi connectivity index (χ1n) is 5.23. The first-order chi connectivity index (χ1) is 7.12.